The minimum absolute atomic E-state index is 0.0939. The summed E-state index contributed by atoms with van der Waals surface area (Å²) in [4.78, 5) is -0.0939. The standard InChI is InChI=1S/C11H20Cl2/c1-10(2,3)9-4-6-11(13,8-12)7-5-9/h9H,4-8H2,1-3H3. The van der Waals surface area contributed by atoms with Crippen LogP contribution in [0.5, 0.6) is 0 Å². The zero-order valence-corrected chi connectivity index (χ0v) is 10.4. The van der Waals surface area contributed by atoms with E-state index in [4.69, 9.17) is 23.2 Å². The Morgan fingerprint density at radius 2 is 1.69 bits per heavy atom. The lowest BCUT2D eigenvalue weighted by Crippen LogP contribution is -2.34. The Morgan fingerprint density at radius 3 is 2.00 bits per heavy atom. The molecule has 0 aromatic heterocycles. The van der Waals surface area contributed by atoms with E-state index in [2.05, 4.69) is 20.8 Å². The molecular weight excluding hydrogens is 203 g/mol. The van der Waals surface area contributed by atoms with Gasteiger partial charge in [0.25, 0.3) is 0 Å². The molecule has 0 aromatic carbocycles. The van der Waals surface area contributed by atoms with Gasteiger partial charge < -0.3 is 0 Å². The smallest absolute Gasteiger partial charge is 0.0581 e. The first-order valence-corrected chi connectivity index (χ1v) is 6.03. The summed E-state index contributed by atoms with van der Waals surface area (Å²) in [5.41, 5.74) is 0.435. The topological polar surface area (TPSA) is 0 Å². The fourth-order valence-electron chi connectivity index (χ4n) is 2.13. The average Bonchev–Trinajstić information content (AvgIpc) is 2.04. The lowest BCUT2D eigenvalue weighted by atomic mass is 9.70. The maximum absolute atomic E-state index is 6.34. The van der Waals surface area contributed by atoms with Gasteiger partial charge in [-0.05, 0) is 37.0 Å². The van der Waals surface area contributed by atoms with Crippen molar-refractivity contribution in [2.75, 3.05) is 5.88 Å². The third-order valence-corrected chi connectivity index (χ3v) is 4.51. The third kappa shape index (κ3) is 3.02. The molecule has 0 atom stereocenters. The van der Waals surface area contributed by atoms with E-state index in [-0.39, 0.29) is 4.87 Å². The van der Waals surface area contributed by atoms with Crippen LogP contribution < -0.4 is 0 Å². The minimum Gasteiger partial charge on any atom is -0.125 e. The second-order valence-corrected chi connectivity index (χ2v) is 6.49. The van der Waals surface area contributed by atoms with E-state index in [1.165, 1.54) is 12.8 Å². The van der Waals surface area contributed by atoms with E-state index in [0.717, 1.165) is 18.8 Å². The van der Waals surface area contributed by atoms with Crippen LogP contribution in [0.15, 0.2) is 0 Å². The number of alkyl halides is 2. The summed E-state index contributed by atoms with van der Waals surface area (Å²) < 4.78 is 0. The molecule has 0 bridgehead atoms. The van der Waals surface area contributed by atoms with E-state index in [1.807, 2.05) is 0 Å². The molecule has 0 heterocycles. The lowest BCUT2D eigenvalue weighted by molar-refractivity contribution is 0.164. The van der Waals surface area contributed by atoms with Crippen LogP contribution in [-0.4, -0.2) is 10.8 Å². The quantitative estimate of drug-likeness (QED) is 0.576. The van der Waals surface area contributed by atoms with Gasteiger partial charge >= 0.3 is 0 Å². The summed E-state index contributed by atoms with van der Waals surface area (Å²) in [6.07, 6.45) is 4.64. The van der Waals surface area contributed by atoms with Crippen molar-refractivity contribution in [2.45, 2.75) is 51.3 Å². The predicted molar refractivity (Wildman–Crippen MR) is 60.7 cm³/mol. The molecule has 78 valence electrons. The number of hydrogen-bond acceptors (Lipinski definition) is 0. The summed E-state index contributed by atoms with van der Waals surface area (Å²) in [6.45, 7) is 6.96. The van der Waals surface area contributed by atoms with Gasteiger partial charge in [0.1, 0.15) is 0 Å². The maximum atomic E-state index is 6.34. The highest BCUT2D eigenvalue weighted by Crippen LogP contribution is 2.44. The van der Waals surface area contributed by atoms with Gasteiger partial charge in [-0.15, -0.1) is 23.2 Å². The first-order valence-electron chi connectivity index (χ1n) is 5.12. The van der Waals surface area contributed by atoms with Crippen LogP contribution in [-0.2, 0) is 0 Å². The first-order chi connectivity index (χ1) is 5.87. The van der Waals surface area contributed by atoms with Crippen LogP contribution in [0.25, 0.3) is 0 Å². The molecule has 13 heavy (non-hydrogen) atoms. The van der Waals surface area contributed by atoms with Gasteiger partial charge in [-0.2, -0.15) is 0 Å². The van der Waals surface area contributed by atoms with Crippen molar-refractivity contribution in [3.05, 3.63) is 0 Å². The molecule has 0 radical (unpaired) electrons. The summed E-state index contributed by atoms with van der Waals surface area (Å²) in [7, 11) is 0. The van der Waals surface area contributed by atoms with Gasteiger partial charge in [0.05, 0.1) is 4.87 Å². The van der Waals surface area contributed by atoms with Crippen LogP contribution in [0.4, 0.5) is 0 Å². The Morgan fingerprint density at radius 1 is 1.23 bits per heavy atom. The number of halogens is 2. The van der Waals surface area contributed by atoms with Gasteiger partial charge in [-0.25, -0.2) is 0 Å². The molecule has 1 aliphatic rings. The van der Waals surface area contributed by atoms with Crippen LogP contribution in [0.1, 0.15) is 46.5 Å². The van der Waals surface area contributed by atoms with Crippen LogP contribution >= 0.6 is 23.2 Å². The molecule has 0 saturated heterocycles. The zero-order valence-electron chi connectivity index (χ0n) is 8.87. The van der Waals surface area contributed by atoms with E-state index >= 15 is 0 Å². The summed E-state index contributed by atoms with van der Waals surface area (Å²) in [5.74, 6) is 1.42. The van der Waals surface area contributed by atoms with E-state index in [1.54, 1.807) is 0 Å². The Labute approximate surface area is 92.0 Å². The highest BCUT2D eigenvalue weighted by atomic mass is 35.5. The Hall–Kier alpha value is 0.580. The van der Waals surface area contributed by atoms with Gasteiger partial charge in [0.2, 0.25) is 0 Å². The molecule has 0 aliphatic heterocycles. The molecule has 1 saturated carbocycles. The Kier molecular flexibility index (Phi) is 3.57. The van der Waals surface area contributed by atoms with Gasteiger partial charge in [-0.1, -0.05) is 20.8 Å². The van der Waals surface area contributed by atoms with E-state index in [0.29, 0.717) is 11.3 Å². The highest BCUT2D eigenvalue weighted by molar-refractivity contribution is 6.30. The predicted octanol–water partition coefficient (Wildman–Crippen LogP) is 4.44. The van der Waals surface area contributed by atoms with E-state index in [9.17, 15) is 0 Å². The number of hydrogen-bond donors (Lipinski definition) is 0. The molecule has 0 nitrogen and oxygen atoms in total. The third-order valence-electron chi connectivity index (χ3n) is 3.35. The van der Waals surface area contributed by atoms with Crippen molar-refractivity contribution in [3.63, 3.8) is 0 Å². The molecule has 0 unspecified atom stereocenters. The van der Waals surface area contributed by atoms with Crippen LogP contribution in [0.2, 0.25) is 0 Å². The fraction of sp³-hybridized carbons (Fsp3) is 1.00. The minimum atomic E-state index is -0.0939. The largest absolute Gasteiger partial charge is 0.125 e. The first kappa shape index (κ1) is 11.7. The van der Waals surface area contributed by atoms with Gasteiger partial charge in [-0.3, -0.25) is 0 Å². The molecule has 1 aliphatic carbocycles. The molecule has 0 amide bonds. The second kappa shape index (κ2) is 3.98. The van der Waals surface area contributed by atoms with Gasteiger partial charge in [0, 0.05) is 5.88 Å². The summed E-state index contributed by atoms with van der Waals surface area (Å²) in [5, 5.41) is 0. The van der Waals surface area contributed by atoms with Crippen molar-refractivity contribution < 1.29 is 0 Å². The van der Waals surface area contributed by atoms with E-state index < -0.39 is 0 Å². The molecule has 2 heteroatoms. The summed E-state index contributed by atoms with van der Waals surface area (Å²) in [6, 6.07) is 0. The second-order valence-electron chi connectivity index (χ2n) is 5.42. The van der Waals surface area contributed by atoms with Crippen molar-refractivity contribution in [3.8, 4) is 0 Å². The maximum Gasteiger partial charge on any atom is 0.0581 e. The SMILES string of the molecule is CC(C)(C)C1CCC(Cl)(CCl)CC1. The molecule has 1 fully saturated rings. The van der Waals surface area contributed by atoms with Gasteiger partial charge in [0.15, 0.2) is 0 Å². The zero-order chi connectivity index (χ0) is 10.1. The van der Waals surface area contributed by atoms with Crippen molar-refractivity contribution in [2.24, 2.45) is 11.3 Å². The van der Waals surface area contributed by atoms with Crippen LogP contribution in [0.3, 0.4) is 0 Å². The molecule has 0 aromatic rings. The Balaban J connectivity index is 2.48. The van der Waals surface area contributed by atoms with Crippen molar-refractivity contribution >= 4 is 23.2 Å². The lowest BCUT2D eigenvalue weighted by Gasteiger charge is -2.40. The molecule has 0 N–H and O–H groups in total. The monoisotopic (exact) mass is 222 g/mol. The Bertz CT molecular complexity index is 161. The number of rotatable bonds is 1. The fourth-order valence-corrected chi connectivity index (χ4v) is 2.62. The molecule has 0 spiro atoms. The van der Waals surface area contributed by atoms with Crippen LogP contribution in [0, 0.1) is 11.3 Å². The molecule has 1 rings (SSSR count). The van der Waals surface area contributed by atoms with Crippen molar-refractivity contribution in [1.29, 1.82) is 0 Å². The summed E-state index contributed by atoms with van der Waals surface area (Å²) >= 11 is 12.2. The van der Waals surface area contributed by atoms with Crippen molar-refractivity contribution in [1.82, 2.24) is 0 Å². The normalized spacial score (nSPS) is 36.2. The highest BCUT2D eigenvalue weighted by Gasteiger charge is 2.36. The average molecular weight is 223 g/mol. The molecular formula is C11H20Cl2.